The lowest BCUT2D eigenvalue weighted by atomic mass is 9.83. The van der Waals surface area contributed by atoms with Gasteiger partial charge in [-0.25, -0.2) is 4.98 Å². The van der Waals surface area contributed by atoms with Gasteiger partial charge >= 0.3 is 6.18 Å². The van der Waals surface area contributed by atoms with Crippen molar-refractivity contribution in [2.45, 2.75) is 31.5 Å². The maximum Gasteiger partial charge on any atom is 0.416 e. The molecule has 1 aromatic carbocycles. The van der Waals surface area contributed by atoms with Crippen LogP contribution in [0, 0.1) is 0 Å². The summed E-state index contributed by atoms with van der Waals surface area (Å²) in [6.45, 7) is 5.76. The Balaban J connectivity index is 1.57. The van der Waals surface area contributed by atoms with Gasteiger partial charge in [0.2, 0.25) is 0 Å². The lowest BCUT2D eigenvalue weighted by Crippen LogP contribution is -2.28. The van der Waals surface area contributed by atoms with Gasteiger partial charge in [0.15, 0.2) is 5.78 Å². The molecule has 0 aliphatic carbocycles. The molecule has 3 aromatic heterocycles. The van der Waals surface area contributed by atoms with E-state index in [2.05, 4.69) is 16.7 Å². The first kappa shape index (κ1) is 20.2. The molecule has 8 heteroatoms. The van der Waals surface area contributed by atoms with E-state index in [1.807, 2.05) is 29.7 Å². The van der Waals surface area contributed by atoms with E-state index in [0.717, 1.165) is 29.0 Å². The molecule has 5 rings (SSSR count). The highest BCUT2D eigenvalue weighted by Crippen LogP contribution is 2.40. The van der Waals surface area contributed by atoms with Crippen molar-refractivity contribution < 1.29 is 18.0 Å². The Labute approximate surface area is 181 Å². The largest absolute Gasteiger partial charge is 0.416 e. The predicted octanol–water partition coefficient (Wildman–Crippen LogP) is 5.79. The fourth-order valence-corrected chi connectivity index (χ4v) is 4.37. The number of ketones is 1. The second-order valence-corrected chi connectivity index (χ2v) is 8.01. The minimum atomic E-state index is -4.41. The molecule has 0 N–H and O–H groups in total. The summed E-state index contributed by atoms with van der Waals surface area (Å²) in [5.41, 5.74) is 3.38. The molecule has 2 atom stereocenters. The van der Waals surface area contributed by atoms with E-state index in [1.165, 1.54) is 12.1 Å². The lowest BCUT2D eigenvalue weighted by molar-refractivity contribution is -0.137. The molecule has 1 aliphatic heterocycles. The fourth-order valence-electron chi connectivity index (χ4n) is 4.37. The summed E-state index contributed by atoms with van der Waals surface area (Å²) < 4.78 is 42.4. The van der Waals surface area contributed by atoms with Crippen LogP contribution < -0.4 is 0 Å². The second-order valence-electron chi connectivity index (χ2n) is 8.01. The van der Waals surface area contributed by atoms with E-state index in [0.29, 0.717) is 23.2 Å². The quantitative estimate of drug-likeness (QED) is 0.408. The van der Waals surface area contributed by atoms with E-state index in [4.69, 9.17) is 0 Å². The topological polar surface area (TPSA) is 52.2 Å². The normalized spacial score (nSPS) is 18.7. The Hall–Kier alpha value is -3.68. The average molecular weight is 436 g/mol. The summed E-state index contributed by atoms with van der Waals surface area (Å²) in [5.74, 6) is -0.680. The standard InChI is InChI=1S/C24H19F3N4O/c1-3-18-11-28-21-9-6-16(13-30(18)21)20-12-29-31-14(2)10-19(23(32)22(20)31)15-4-7-17(8-5-15)24(25,26)27/h3-9,11-14,19H,1,10H2,2H3/t14-,19?/m0/s1. The van der Waals surface area contributed by atoms with Gasteiger partial charge in [0.1, 0.15) is 11.3 Å². The Morgan fingerprint density at radius 3 is 2.56 bits per heavy atom. The van der Waals surface area contributed by atoms with Crippen molar-refractivity contribution in [2.24, 2.45) is 0 Å². The van der Waals surface area contributed by atoms with Gasteiger partial charge in [-0.2, -0.15) is 18.3 Å². The van der Waals surface area contributed by atoms with Crippen LogP contribution >= 0.6 is 0 Å². The highest BCUT2D eigenvalue weighted by atomic mass is 19.4. The highest BCUT2D eigenvalue weighted by Gasteiger charge is 2.37. The Bertz CT molecular complexity index is 1350. The number of halogens is 3. The predicted molar refractivity (Wildman–Crippen MR) is 114 cm³/mol. The second kappa shape index (κ2) is 7.19. The van der Waals surface area contributed by atoms with E-state index in [1.54, 1.807) is 23.2 Å². The summed E-state index contributed by atoms with van der Waals surface area (Å²) >= 11 is 0. The van der Waals surface area contributed by atoms with Gasteiger partial charge in [0.05, 0.1) is 35.6 Å². The number of benzene rings is 1. The molecule has 5 nitrogen and oxygen atoms in total. The smallest absolute Gasteiger partial charge is 0.300 e. The molecule has 0 radical (unpaired) electrons. The van der Waals surface area contributed by atoms with Crippen LogP contribution in [0.15, 0.2) is 61.6 Å². The molecule has 4 aromatic rings. The minimum absolute atomic E-state index is 0.0792. The minimum Gasteiger partial charge on any atom is -0.300 e. The van der Waals surface area contributed by atoms with Crippen molar-refractivity contribution in [1.29, 1.82) is 0 Å². The van der Waals surface area contributed by atoms with Gasteiger partial charge in [-0.1, -0.05) is 18.7 Å². The van der Waals surface area contributed by atoms with Gasteiger partial charge < -0.3 is 0 Å². The van der Waals surface area contributed by atoms with Crippen molar-refractivity contribution in [1.82, 2.24) is 19.2 Å². The number of aromatic nitrogens is 4. The SMILES string of the molecule is C=Cc1cnc2ccc(-c3cnn4c3C(=O)C(c3ccc(C(F)(F)F)cc3)C[C@@H]4C)cn12. The van der Waals surface area contributed by atoms with E-state index in [-0.39, 0.29) is 11.8 Å². The zero-order valence-electron chi connectivity index (χ0n) is 17.2. The van der Waals surface area contributed by atoms with E-state index >= 15 is 0 Å². The van der Waals surface area contributed by atoms with Gasteiger partial charge in [-0.05, 0) is 49.2 Å². The van der Waals surface area contributed by atoms with Crippen LogP contribution in [0.2, 0.25) is 0 Å². The molecule has 0 fully saturated rings. The van der Waals surface area contributed by atoms with Crippen LogP contribution in [-0.4, -0.2) is 24.9 Å². The lowest BCUT2D eigenvalue weighted by Gasteiger charge is -2.28. The number of hydrogen-bond acceptors (Lipinski definition) is 3. The summed E-state index contributed by atoms with van der Waals surface area (Å²) in [6, 6.07) is 8.52. The van der Waals surface area contributed by atoms with Gasteiger partial charge in [0.25, 0.3) is 0 Å². The molecule has 4 heterocycles. The zero-order chi connectivity index (χ0) is 22.6. The van der Waals surface area contributed by atoms with Crippen LogP contribution in [0.25, 0.3) is 22.9 Å². The number of carbonyl (C=O) groups is 1. The molecule has 0 spiro atoms. The number of carbonyl (C=O) groups excluding carboxylic acids is 1. The first-order valence-electron chi connectivity index (χ1n) is 10.2. The molecule has 0 amide bonds. The van der Waals surface area contributed by atoms with Crippen molar-refractivity contribution in [3.63, 3.8) is 0 Å². The van der Waals surface area contributed by atoms with Crippen molar-refractivity contribution in [2.75, 3.05) is 0 Å². The monoisotopic (exact) mass is 436 g/mol. The first-order chi connectivity index (χ1) is 15.3. The molecule has 162 valence electrons. The number of Topliss-reactive ketones (excluding diaryl/α,β-unsaturated/α-hetero) is 1. The molecule has 1 aliphatic rings. The van der Waals surface area contributed by atoms with Gasteiger partial charge in [-0.15, -0.1) is 0 Å². The third kappa shape index (κ3) is 3.14. The van der Waals surface area contributed by atoms with Crippen LogP contribution in [0.4, 0.5) is 13.2 Å². The zero-order valence-corrected chi connectivity index (χ0v) is 17.2. The molecule has 0 saturated heterocycles. The molecular formula is C24H19F3N4O. The highest BCUT2D eigenvalue weighted by molar-refractivity contribution is 6.05. The number of imidazole rings is 1. The van der Waals surface area contributed by atoms with E-state index < -0.39 is 17.7 Å². The summed E-state index contributed by atoms with van der Waals surface area (Å²) in [5, 5.41) is 4.45. The third-order valence-electron chi connectivity index (χ3n) is 6.03. The maximum absolute atomic E-state index is 13.5. The van der Waals surface area contributed by atoms with Crippen LogP contribution in [0.3, 0.4) is 0 Å². The maximum atomic E-state index is 13.5. The number of fused-ring (bicyclic) bond motifs is 2. The third-order valence-corrected chi connectivity index (χ3v) is 6.03. The Morgan fingerprint density at radius 1 is 1.12 bits per heavy atom. The van der Waals surface area contributed by atoms with E-state index in [9.17, 15) is 18.0 Å². The first-order valence-corrected chi connectivity index (χ1v) is 10.2. The van der Waals surface area contributed by atoms with Crippen molar-refractivity contribution in [3.8, 4) is 11.1 Å². The molecule has 0 bridgehead atoms. The van der Waals surface area contributed by atoms with Gasteiger partial charge in [-0.3, -0.25) is 13.9 Å². The Kier molecular flexibility index (Phi) is 4.54. The number of pyridine rings is 1. The number of nitrogens with zero attached hydrogens (tertiary/aromatic N) is 4. The summed E-state index contributed by atoms with van der Waals surface area (Å²) in [4.78, 5) is 17.8. The van der Waals surface area contributed by atoms with Crippen molar-refractivity contribution >= 4 is 17.5 Å². The van der Waals surface area contributed by atoms with Crippen LogP contribution in [-0.2, 0) is 6.18 Å². The average Bonchev–Trinajstić information content (AvgIpc) is 3.40. The summed E-state index contributed by atoms with van der Waals surface area (Å²) in [7, 11) is 0. The number of alkyl halides is 3. The fraction of sp³-hybridized carbons (Fsp3) is 0.208. The van der Waals surface area contributed by atoms with Crippen LogP contribution in [0.1, 0.15) is 52.6 Å². The van der Waals surface area contributed by atoms with Crippen molar-refractivity contribution in [3.05, 3.63) is 84.1 Å². The molecule has 1 unspecified atom stereocenters. The molecule has 0 saturated carbocycles. The molecular weight excluding hydrogens is 417 g/mol. The Morgan fingerprint density at radius 2 is 1.88 bits per heavy atom. The number of hydrogen-bond donors (Lipinski definition) is 0. The number of rotatable bonds is 3. The summed E-state index contributed by atoms with van der Waals surface area (Å²) in [6.07, 6.45) is 3.03. The van der Waals surface area contributed by atoms with Gasteiger partial charge in [0, 0.05) is 17.3 Å². The molecule has 32 heavy (non-hydrogen) atoms. The van der Waals surface area contributed by atoms with Crippen LogP contribution in [0.5, 0.6) is 0 Å².